The fourth-order valence-electron chi connectivity index (χ4n) is 3.34. The Balaban J connectivity index is 1.48. The maximum atomic E-state index is 12.7. The van der Waals surface area contributed by atoms with Crippen LogP contribution in [0.5, 0.6) is 0 Å². The lowest BCUT2D eigenvalue weighted by Gasteiger charge is -2.32. The predicted octanol–water partition coefficient (Wildman–Crippen LogP) is 2.99. The number of rotatable bonds is 5. The molecule has 0 spiro atoms. The van der Waals surface area contributed by atoms with Gasteiger partial charge in [0, 0.05) is 51.1 Å². The van der Waals surface area contributed by atoms with Crippen LogP contribution in [0.2, 0.25) is 0 Å². The van der Waals surface area contributed by atoms with E-state index in [1.54, 1.807) is 23.4 Å². The Labute approximate surface area is 160 Å². The van der Waals surface area contributed by atoms with Crippen LogP contribution < -0.4 is 0 Å². The van der Waals surface area contributed by atoms with Crippen molar-refractivity contribution < 1.29 is 9.59 Å². The first-order chi connectivity index (χ1) is 13.1. The van der Waals surface area contributed by atoms with Gasteiger partial charge in [0.15, 0.2) is 0 Å². The molecule has 1 aromatic heterocycles. The van der Waals surface area contributed by atoms with Crippen LogP contribution in [-0.4, -0.2) is 46.7 Å². The van der Waals surface area contributed by atoms with Gasteiger partial charge in [0.2, 0.25) is 11.8 Å². The third-order valence-corrected chi connectivity index (χ3v) is 4.89. The Bertz CT molecular complexity index is 782. The third-order valence-electron chi connectivity index (χ3n) is 4.89. The topological polar surface area (TPSA) is 53.5 Å². The van der Waals surface area contributed by atoms with E-state index in [2.05, 4.69) is 4.98 Å². The van der Waals surface area contributed by atoms with Crippen molar-refractivity contribution in [1.82, 2.24) is 14.8 Å². The average Bonchev–Trinajstić information content (AvgIpc) is 2.73. The second-order valence-corrected chi connectivity index (χ2v) is 6.90. The maximum Gasteiger partial charge on any atom is 0.246 e. The summed E-state index contributed by atoms with van der Waals surface area (Å²) in [6, 6.07) is 13.6. The van der Waals surface area contributed by atoms with Gasteiger partial charge in [-0.2, -0.15) is 0 Å². The Morgan fingerprint density at radius 2 is 1.89 bits per heavy atom. The van der Waals surface area contributed by atoms with E-state index in [1.807, 2.05) is 60.5 Å². The normalized spacial score (nSPS) is 15.1. The maximum absolute atomic E-state index is 12.7. The largest absolute Gasteiger partial charge is 0.341 e. The standard InChI is InChI=1S/C22H25N3O2/c1-24(17-19-8-5-13-23-16-19)22(27)20-11-14-25(15-12-20)21(26)10-9-18-6-3-2-4-7-18/h2-10,13,16,20H,11-12,14-15,17H2,1H3. The number of nitrogens with zero attached hydrogens (tertiary/aromatic N) is 3. The number of hydrogen-bond donors (Lipinski definition) is 0. The molecular formula is C22H25N3O2. The predicted molar refractivity (Wildman–Crippen MR) is 105 cm³/mol. The zero-order valence-electron chi connectivity index (χ0n) is 15.6. The van der Waals surface area contributed by atoms with E-state index in [-0.39, 0.29) is 17.7 Å². The lowest BCUT2D eigenvalue weighted by Crippen LogP contribution is -2.42. The summed E-state index contributed by atoms with van der Waals surface area (Å²) in [4.78, 5) is 32.7. The van der Waals surface area contributed by atoms with Crippen molar-refractivity contribution in [2.75, 3.05) is 20.1 Å². The number of pyridine rings is 1. The van der Waals surface area contributed by atoms with Crippen LogP contribution in [0, 0.1) is 5.92 Å². The summed E-state index contributed by atoms with van der Waals surface area (Å²) in [6.07, 6.45) is 8.38. The summed E-state index contributed by atoms with van der Waals surface area (Å²) >= 11 is 0. The number of likely N-dealkylation sites (tertiary alicyclic amines) is 1. The summed E-state index contributed by atoms with van der Waals surface area (Å²) < 4.78 is 0. The highest BCUT2D eigenvalue weighted by molar-refractivity contribution is 5.92. The Morgan fingerprint density at radius 3 is 2.56 bits per heavy atom. The minimum Gasteiger partial charge on any atom is -0.341 e. The lowest BCUT2D eigenvalue weighted by molar-refractivity contribution is -0.138. The average molecular weight is 363 g/mol. The van der Waals surface area contributed by atoms with E-state index in [0.29, 0.717) is 32.5 Å². The van der Waals surface area contributed by atoms with Crippen molar-refractivity contribution in [3.8, 4) is 0 Å². The van der Waals surface area contributed by atoms with E-state index >= 15 is 0 Å². The summed E-state index contributed by atoms with van der Waals surface area (Å²) in [6.45, 7) is 1.80. The highest BCUT2D eigenvalue weighted by Crippen LogP contribution is 2.20. The molecule has 1 aliphatic rings. The monoisotopic (exact) mass is 363 g/mol. The summed E-state index contributed by atoms with van der Waals surface area (Å²) in [5.74, 6) is 0.132. The van der Waals surface area contributed by atoms with Crippen LogP contribution in [0.25, 0.3) is 6.08 Å². The molecule has 27 heavy (non-hydrogen) atoms. The SMILES string of the molecule is CN(Cc1cccnc1)C(=O)C1CCN(C(=O)C=Cc2ccccc2)CC1. The van der Waals surface area contributed by atoms with Crippen LogP contribution in [0.15, 0.2) is 60.9 Å². The first-order valence-electron chi connectivity index (χ1n) is 9.29. The van der Waals surface area contributed by atoms with Gasteiger partial charge in [-0.1, -0.05) is 36.4 Å². The van der Waals surface area contributed by atoms with Crippen LogP contribution in [-0.2, 0) is 16.1 Å². The molecule has 2 heterocycles. The molecule has 5 heteroatoms. The van der Waals surface area contributed by atoms with Gasteiger partial charge >= 0.3 is 0 Å². The second kappa shape index (κ2) is 9.12. The number of carbonyl (C=O) groups is 2. The molecule has 0 unspecified atom stereocenters. The Morgan fingerprint density at radius 1 is 1.15 bits per heavy atom. The van der Waals surface area contributed by atoms with Gasteiger partial charge in [-0.05, 0) is 36.1 Å². The Hall–Kier alpha value is -2.95. The lowest BCUT2D eigenvalue weighted by atomic mass is 9.95. The molecule has 3 rings (SSSR count). The molecule has 0 saturated carbocycles. The number of aromatic nitrogens is 1. The van der Waals surface area contributed by atoms with Gasteiger partial charge in [0.05, 0.1) is 0 Å². The fraction of sp³-hybridized carbons (Fsp3) is 0.318. The van der Waals surface area contributed by atoms with Gasteiger partial charge in [0.1, 0.15) is 0 Å². The molecule has 1 saturated heterocycles. The third kappa shape index (κ3) is 5.26. The highest BCUT2D eigenvalue weighted by Gasteiger charge is 2.28. The van der Waals surface area contributed by atoms with Crippen LogP contribution in [0.4, 0.5) is 0 Å². The smallest absolute Gasteiger partial charge is 0.246 e. The number of piperidine rings is 1. The number of benzene rings is 1. The Kier molecular flexibility index (Phi) is 6.36. The van der Waals surface area contributed by atoms with Crippen molar-refractivity contribution >= 4 is 17.9 Å². The summed E-state index contributed by atoms with van der Waals surface area (Å²) in [5, 5.41) is 0. The van der Waals surface area contributed by atoms with E-state index in [9.17, 15) is 9.59 Å². The van der Waals surface area contributed by atoms with Gasteiger partial charge in [0.25, 0.3) is 0 Å². The molecular weight excluding hydrogens is 338 g/mol. The summed E-state index contributed by atoms with van der Waals surface area (Å²) in [5.41, 5.74) is 2.03. The van der Waals surface area contributed by atoms with Crippen molar-refractivity contribution in [3.63, 3.8) is 0 Å². The molecule has 1 aromatic carbocycles. The molecule has 0 bridgehead atoms. The molecule has 1 aliphatic heterocycles. The van der Waals surface area contributed by atoms with Gasteiger partial charge < -0.3 is 9.80 Å². The molecule has 140 valence electrons. The van der Waals surface area contributed by atoms with E-state index in [0.717, 1.165) is 11.1 Å². The number of amides is 2. The molecule has 2 aromatic rings. The van der Waals surface area contributed by atoms with Gasteiger partial charge in [-0.3, -0.25) is 14.6 Å². The molecule has 1 fully saturated rings. The van der Waals surface area contributed by atoms with Gasteiger partial charge in [-0.25, -0.2) is 0 Å². The van der Waals surface area contributed by atoms with Crippen LogP contribution in [0.1, 0.15) is 24.0 Å². The zero-order valence-corrected chi connectivity index (χ0v) is 15.6. The number of carbonyl (C=O) groups excluding carboxylic acids is 2. The first-order valence-corrected chi connectivity index (χ1v) is 9.29. The van der Waals surface area contributed by atoms with Crippen molar-refractivity contribution in [3.05, 3.63) is 72.1 Å². The molecule has 0 radical (unpaired) electrons. The van der Waals surface area contributed by atoms with Crippen molar-refractivity contribution in [2.24, 2.45) is 5.92 Å². The molecule has 0 atom stereocenters. The van der Waals surface area contributed by atoms with Crippen molar-refractivity contribution in [1.29, 1.82) is 0 Å². The number of hydrogen-bond acceptors (Lipinski definition) is 3. The first kappa shape index (κ1) is 18.8. The highest BCUT2D eigenvalue weighted by atomic mass is 16.2. The van der Waals surface area contributed by atoms with E-state index in [1.165, 1.54) is 0 Å². The minimum atomic E-state index is -0.0196. The minimum absolute atomic E-state index is 0.00784. The zero-order chi connectivity index (χ0) is 19.1. The van der Waals surface area contributed by atoms with E-state index in [4.69, 9.17) is 0 Å². The van der Waals surface area contributed by atoms with Crippen LogP contribution >= 0.6 is 0 Å². The summed E-state index contributed by atoms with van der Waals surface area (Å²) in [7, 11) is 1.83. The molecule has 0 N–H and O–H groups in total. The second-order valence-electron chi connectivity index (χ2n) is 6.90. The molecule has 5 nitrogen and oxygen atoms in total. The molecule has 0 aliphatic carbocycles. The van der Waals surface area contributed by atoms with Gasteiger partial charge in [-0.15, -0.1) is 0 Å². The molecule has 2 amide bonds. The van der Waals surface area contributed by atoms with E-state index < -0.39 is 0 Å². The fourth-order valence-corrected chi connectivity index (χ4v) is 3.34. The van der Waals surface area contributed by atoms with Crippen LogP contribution in [0.3, 0.4) is 0 Å². The van der Waals surface area contributed by atoms with Crippen molar-refractivity contribution in [2.45, 2.75) is 19.4 Å². The quantitative estimate of drug-likeness (QED) is 0.768.